The third-order valence-corrected chi connectivity index (χ3v) is 3.51. The summed E-state index contributed by atoms with van der Waals surface area (Å²) in [6, 6.07) is 0.722. The lowest BCUT2D eigenvalue weighted by Crippen LogP contribution is -2.26. The van der Waals surface area contributed by atoms with Gasteiger partial charge >= 0.3 is 0 Å². The van der Waals surface area contributed by atoms with Gasteiger partial charge in [-0.3, -0.25) is 0 Å². The Kier molecular flexibility index (Phi) is 14.0. The molecule has 1 nitrogen and oxygen atoms in total. The van der Waals surface area contributed by atoms with E-state index in [1.165, 1.54) is 77.2 Å². The summed E-state index contributed by atoms with van der Waals surface area (Å²) >= 11 is 0. The summed E-state index contributed by atoms with van der Waals surface area (Å²) in [7, 11) is 0. The van der Waals surface area contributed by atoms with Gasteiger partial charge in [0.25, 0.3) is 0 Å². The first kappa shape index (κ1) is 17.0. The Morgan fingerprint density at radius 3 is 1.82 bits per heavy atom. The Morgan fingerprint density at radius 1 is 0.706 bits per heavy atom. The Balaban J connectivity index is 3.02. The van der Waals surface area contributed by atoms with Crippen molar-refractivity contribution >= 4 is 0 Å². The maximum Gasteiger partial charge on any atom is 0.00387 e. The van der Waals surface area contributed by atoms with Crippen LogP contribution in [0, 0.1) is 0 Å². The monoisotopic (exact) mass is 241 g/mol. The minimum Gasteiger partial charge on any atom is -0.314 e. The van der Waals surface area contributed by atoms with E-state index < -0.39 is 0 Å². The number of hydrogen-bond acceptors (Lipinski definition) is 1. The summed E-state index contributed by atoms with van der Waals surface area (Å²) in [5.74, 6) is 0. The van der Waals surface area contributed by atoms with E-state index >= 15 is 0 Å². The summed E-state index contributed by atoms with van der Waals surface area (Å²) in [6.07, 6.45) is 15.4. The summed E-state index contributed by atoms with van der Waals surface area (Å²) in [5, 5.41) is 3.63. The number of unbranched alkanes of at least 4 members (excludes halogenated alkanes) is 8. The summed E-state index contributed by atoms with van der Waals surface area (Å²) < 4.78 is 0. The Morgan fingerprint density at radius 2 is 1.24 bits per heavy atom. The van der Waals surface area contributed by atoms with Crippen molar-refractivity contribution in [3.05, 3.63) is 0 Å². The van der Waals surface area contributed by atoms with Gasteiger partial charge < -0.3 is 5.32 Å². The van der Waals surface area contributed by atoms with Crippen molar-refractivity contribution in [2.24, 2.45) is 0 Å². The zero-order valence-corrected chi connectivity index (χ0v) is 12.6. The molecule has 0 aromatic heterocycles. The van der Waals surface area contributed by atoms with Crippen LogP contribution in [-0.4, -0.2) is 12.6 Å². The number of rotatable bonds is 13. The van der Waals surface area contributed by atoms with Crippen LogP contribution in [0.4, 0.5) is 0 Å². The first-order chi connectivity index (χ1) is 8.31. The van der Waals surface area contributed by atoms with Crippen LogP contribution in [0.3, 0.4) is 0 Å². The summed E-state index contributed by atoms with van der Waals surface area (Å²) in [4.78, 5) is 0. The quantitative estimate of drug-likeness (QED) is 0.432. The molecule has 1 heteroatoms. The maximum absolute atomic E-state index is 3.63. The second-order valence-corrected chi connectivity index (χ2v) is 5.47. The topological polar surface area (TPSA) is 12.0 Å². The molecule has 0 aromatic rings. The second kappa shape index (κ2) is 14.0. The second-order valence-electron chi connectivity index (χ2n) is 5.47. The zero-order chi connectivity index (χ0) is 12.8. The molecule has 1 unspecified atom stereocenters. The number of hydrogen-bond donors (Lipinski definition) is 1. The van der Waals surface area contributed by atoms with Gasteiger partial charge in [-0.25, -0.2) is 0 Å². The third kappa shape index (κ3) is 13.9. The highest BCUT2D eigenvalue weighted by atomic mass is 14.9. The van der Waals surface area contributed by atoms with Gasteiger partial charge in [0.2, 0.25) is 0 Å². The normalized spacial score (nSPS) is 12.9. The number of nitrogens with one attached hydrogen (secondary N) is 1. The highest BCUT2D eigenvalue weighted by Gasteiger charge is 1.99. The van der Waals surface area contributed by atoms with Gasteiger partial charge in [0.05, 0.1) is 0 Å². The Bertz CT molecular complexity index is 133. The molecule has 0 fully saturated rings. The lowest BCUT2D eigenvalue weighted by Gasteiger charge is -2.12. The zero-order valence-electron chi connectivity index (χ0n) is 12.6. The summed E-state index contributed by atoms with van der Waals surface area (Å²) in [6.45, 7) is 8.09. The van der Waals surface area contributed by atoms with Crippen molar-refractivity contribution in [1.82, 2.24) is 5.32 Å². The molecule has 17 heavy (non-hydrogen) atoms. The van der Waals surface area contributed by atoms with Crippen LogP contribution in [0.15, 0.2) is 0 Å². The fourth-order valence-corrected chi connectivity index (χ4v) is 2.22. The van der Waals surface area contributed by atoms with E-state index in [0.29, 0.717) is 0 Å². The highest BCUT2D eigenvalue weighted by Crippen LogP contribution is 2.08. The van der Waals surface area contributed by atoms with Gasteiger partial charge in [-0.05, 0) is 26.3 Å². The predicted molar refractivity (Wildman–Crippen MR) is 79.6 cm³/mol. The molecule has 0 radical (unpaired) electrons. The van der Waals surface area contributed by atoms with Crippen molar-refractivity contribution < 1.29 is 0 Å². The van der Waals surface area contributed by atoms with Crippen molar-refractivity contribution in [3.8, 4) is 0 Å². The molecule has 0 saturated carbocycles. The molecule has 0 rings (SSSR count). The molecule has 0 aliphatic heterocycles. The molecule has 0 bridgehead atoms. The van der Waals surface area contributed by atoms with Crippen molar-refractivity contribution in [2.75, 3.05) is 6.54 Å². The van der Waals surface area contributed by atoms with Crippen LogP contribution < -0.4 is 5.32 Å². The molecule has 0 aliphatic carbocycles. The fraction of sp³-hybridized carbons (Fsp3) is 1.00. The van der Waals surface area contributed by atoms with E-state index in [1.807, 2.05) is 0 Å². The van der Waals surface area contributed by atoms with Crippen LogP contribution in [-0.2, 0) is 0 Å². The molecule has 0 aliphatic rings. The van der Waals surface area contributed by atoms with Gasteiger partial charge in [0.15, 0.2) is 0 Å². The van der Waals surface area contributed by atoms with E-state index in [4.69, 9.17) is 0 Å². The highest BCUT2D eigenvalue weighted by molar-refractivity contribution is 4.60. The van der Waals surface area contributed by atoms with E-state index in [-0.39, 0.29) is 0 Å². The van der Waals surface area contributed by atoms with Gasteiger partial charge in [-0.2, -0.15) is 0 Å². The molecule has 104 valence electrons. The molecule has 0 spiro atoms. The first-order valence-corrected chi connectivity index (χ1v) is 8.04. The molecule has 0 saturated heterocycles. The van der Waals surface area contributed by atoms with E-state index in [0.717, 1.165) is 6.04 Å². The van der Waals surface area contributed by atoms with Crippen LogP contribution in [0.1, 0.15) is 91.4 Å². The van der Waals surface area contributed by atoms with Gasteiger partial charge in [-0.15, -0.1) is 0 Å². The van der Waals surface area contributed by atoms with Crippen molar-refractivity contribution in [2.45, 2.75) is 97.4 Å². The third-order valence-electron chi connectivity index (χ3n) is 3.51. The SMILES string of the molecule is CCCCCCCCCCNC(C)CCCC. The average molecular weight is 241 g/mol. The average Bonchev–Trinajstić information content (AvgIpc) is 2.34. The molecule has 0 amide bonds. The molecular weight excluding hydrogens is 206 g/mol. The lowest BCUT2D eigenvalue weighted by molar-refractivity contribution is 0.476. The molecule has 0 aromatic carbocycles. The standard InChI is InChI=1S/C16H35N/c1-4-6-8-9-10-11-12-13-15-17-16(3)14-7-5-2/h16-17H,4-15H2,1-3H3. The van der Waals surface area contributed by atoms with Gasteiger partial charge in [0, 0.05) is 6.04 Å². The minimum absolute atomic E-state index is 0.722. The van der Waals surface area contributed by atoms with E-state index in [2.05, 4.69) is 26.1 Å². The molecule has 1 N–H and O–H groups in total. The molecule has 0 heterocycles. The predicted octanol–water partition coefficient (Wildman–Crippen LogP) is 5.30. The van der Waals surface area contributed by atoms with Crippen LogP contribution in [0.25, 0.3) is 0 Å². The largest absolute Gasteiger partial charge is 0.314 e. The van der Waals surface area contributed by atoms with Gasteiger partial charge in [0.1, 0.15) is 0 Å². The van der Waals surface area contributed by atoms with Crippen LogP contribution >= 0.6 is 0 Å². The van der Waals surface area contributed by atoms with Crippen molar-refractivity contribution in [1.29, 1.82) is 0 Å². The smallest absolute Gasteiger partial charge is 0.00387 e. The molecule has 1 atom stereocenters. The van der Waals surface area contributed by atoms with Crippen LogP contribution in [0.5, 0.6) is 0 Å². The fourth-order valence-electron chi connectivity index (χ4n) is 2.22. The Labute approximate surface area is 110 Å². The maximum atomic E-state index is 3.63. The summed E-state index contributed by atoms with van der Waals surface area (Å²) in [5.41, 5.74) is 0. The first-order valence-electron chi connectivity index (χ1n) is 8.04. The van der Waals surface area contributed by atoms with E-state index in [1.54, 1.807) is 0 Å². The minimum atomic E-state index is 0.722. The molecular formula is C16H35N. The van der Waals surface area contributed by atoms with Crippen molar-refractivity contribution in [3.63, 3.8) is 0 Å². The lowest BCUT2D eigenvalue weighted by atomic mass is 10.1. The van der Waals surface area contributed by atoms with E-state index in [9.17, 15) is 0 Å². The Hall–Kier alpha value is -0.0400. The van der Waals surface area contributed by atoms with Crippen LogP contribution in [0.2, 0.25) is 0 Å². The van der Waals surface area contributed by atoms with Gasteiger partial charge in [-0.1, -0.05) is 71.6 Å².